The Labute approximate surface area is 114 Å². The zero-order valence-electron chi connectivity index (χ0n) is 10.0. The van der Waals surface area contributed by atoms with Crippen LogP contribution in [-0.4, -0.2) is 27.3 Å². The fourth-order valence-electron chi connectivity index (χ4n) is 1.60. The van der Waals surface area contributed by atoms with E-state index in [0.717, 1.165) is 0 Å². The van der Waals surface area contributed by atoms with E-state index < -0.39 is 5.82 Å². The van der Waals surface area contributed by atoms with E-state index in [1.807, 2.05) is 0 Å². The van der Waals surface area contributed by atoms with E-state index in [4.69, 9.17) is 17.3 Å². The van der Waals surface area contributed by atoms with Crippen molar-refractivity contribution < 1.29 is 9.18 Å². The Bertz CT molecular complexity index is 599. The largest absolute Gasteiger partial charge is 0.329 e. The van der Waals surface area contributed by atoms with Gasteiger partial charge in [-0.2, -0.15) is 0 Å². The Hall–Kier alpha value is -1.79. The van der Waals surface area contributed by atoms with Gasteiger partial charge in [0.25, 0.3) is 0 Å². The van der Waals surface area contributed by atoms with Gasteiger partial charge in [-0.25, -0.2) is 4.39 Å². The second-order valence-electron chi connectivity index (χ2n) is 3.99. The van der Waals surface area contributed by atoms with Gasteiger partial charge in [0.1, 0.15) is 11.5 Å². The lowest BCUT2D eigenvalue weighted by molar-refractivity contribution is 0.0988. The van der Waals surface area contributed by atoms with Crippen molar-refractivity contribution in [3.63, 3.8) is 0 Å². The van der Waals surface area contributed by atoms with Crippen molar-refractivity contribution in [2.45, 2.75) is 13.0 Å². The molecule has 2 aromatic rings. The van der Waals surface area contributed by atoms with Crippen LogP contribution in [0.3, 0.4) is 0 Å². The Morgan fingerprint density at radius 3 is 2.95 bits per heavy atom. The van der Waals surface area contributed by atoms with E-state index in [-0.39, 0.29) is 22.9 Å². The standard InChI is InChI=1S/C12H12ClFN4O/c13-10-6-9(14)2-1-8(10)5-12(19)11-7-18(4-3-15)17-16-11/h1-2,6-7H,3-5,15H2. The Kier molecular flexibility index (Phi) is 4.24. The van der Waals surface area contributed by atoms with Crippen molar-refractivity contribution in [2.24, 2.45) is 5.73 Å². The second kappa shape index (κ2) is 5.90. The fourth-order valence-corrected chi connectivity index (χ4v) is 1.83. The molecule has 7 heteroatoms. The lowest BCUT2D eigenvalue weighted by Crippen LogP contribution is -2.10. The number of ketones is 1. The number of nitrogens with two attached hydrogens (primary N) is 1. The van der Waals surface area contributed by atoms with Crippen LogP contribution in [0.2, 0.25) is 5.02 Å². The first-order valence-electron chi connectivity index (χ1n) is 5.67. The Morgan fingerprint density at radius 1 is 1.47 bits per heavy atom. The highest BCUT2D eigenvalue weighted by molar-refractivity contribution is 6.31. The highest BCUT2D eigenvalue weighted by Gasteiger charge is 2.13. The minimum atomic E-state index is -0.435. The minimum absolute atomic E-state index is 0.0560. The summed E-state index contributed by atoms with van der Waals surface area (Å²) < 4.78 is 14.4. The number of aromatic nitrogens is 3. The van der Waals surface area contributed by atoms with E-state index >= 15 is 0 Å². The minimum Gasteiger partial charge on any atom is -0.329 e. The third-order valence-electron chi connectivity index (χ3n) is 2.55. The molecule has 2 N–H and O–H groups in total. The SMILES string of the molecule is NCCn1cc(C(=O)Cc2ccc(F)cc2Cl)nn1. The summed E-state index contributed by atoms with van der Waals surface area (Å²) in [5.41, 5.74) is 6.18. The summed E-state index contributed by atoms with van der Waals surface area (Å²) in [6.07, 6.45) is 1.59. The molecule has 0 fully saturated rings. The molecule has 19 heavy (non-hydrogen) atoms. The smallest absolute Gasteiger partial charge is 0.189 e. The van der Waals surface area contributed by atoms with Crippen molar-refractivity contribution >= 4 is 17.4 Å². The Balaban J connectivity index is 2.11. The van der Waals surface area contributed by atoms with E-state index in [0.29, 0.717) is 18.7 Å². The molecule has 0 saturated carbocycles. The van der Waals surface area contributed by atoms with Gasteiger partial charge < -0.3 is 5.73 Å². The van der Waals surface area contributed by atoms with Crippen LogP contribution in [-0.2, 0) is 13.0 Å². The average molecular weight is 283 g/mol. The van der Waals surface area contributed by atoms with Gasteiger partial charge in [-0.15, -0.1) is 5.10 Å². The number of Topliss-reactive ketones (excluding diaryl/α,β-unsaturated/α-hetero) is 1. The van der Waals surface area contributed by atoms with Crippen LogP contribution in [0, 0.1) is 5.82 Å². The summed E-state index contributed by atoms with van der Waals surface area (Å²) in [5, 5.41) is 7.77. The summed E-state index contributed by atoms with van der Waals surface area (Å²) in [6, 6.07) is 3.93. The van der Waals surface area contributed by atoms with Crippen LogP contribution < -0.4 is 5.73 Å². The monoisotopic (exact) mass is 282 g/mol. The molecule has 1 aromatic carbocycles. The van der Waals surface area contributed by atoms with Crippen molar-refractivity contribution in [3.8, 4) is 0 Å². The number of hydrogen-bond donors (Lipinski definition) is 1. The summed E-state index contributed by atoms with van der Waals surface area (Å²) in [4.78, 5) is 12.0. The topological polar surface area (TPSA) is 73.8 Å². The van der Waals surface area contributed by atoms with Crippen LogP contribution in [0.25, 0.3) is 0 Å². The molecular weight excluding hydrogens is 271 g/mol. The molecule has 0 radical (unpaired) electrons. The van der Waals surface area contributed by atoms with E-state index in [9.17, 15) is 9.18 Å². The zero-order chi connectivity index (χ0) is 13.8. The molecule has 0 aliphatic heterocycles. The van der Waals surface area contributed by atoms with Gasteiger partial charge >= 0.3 is 0 Å². The molecule has 0 aliphatic carbocycles. The van der Waals surface area contributed by atoms with Crippen LogP contribution >= 0.6 is 11.6 Å². The molecule has 2 rings (SSSR count). The number of rotatable bonds is 5. The van der Waals surface area contributed by atoms with Gasteiger partial charge in [0.05, 0.1) is 12.7 Å². The number of carbonyl (C=O) groups excluding carboxylic acids is 1. The first-order chi connectivity index (χ1) is 9.10. The molecule has 0 spiro atoms. The van der Waals surface area contributed by atoms with Crippen molar-refractivity contribution in [1.82, 2.24) is 15.0 Å². The van der Waals surface area contributed by atoms with Crippen molar-refractivity contribution in [3.05, 3.63) is 46.5 Å². The molecule has 5 nitrogen and oxygen atoms in total. The van der Waals surface area contributed by atoms with Crippen LogP contribution in [0.5, 0.6) is 0 Å². The maximum atomic E-state index is 12.9. The molecule has 0 saturated heterocycles. The third kappa shape index (κ3) is 3.36. The summed E-state index contributed by atoms with van der Waals surface area (Å²) in [7, 11) is 0. The summed E-state index contributed by atoms with van der Waals surface area (Å²) >= 11 is 5.87. The van der Waals surface area contributed by atoms with Gasteiger partial charge in [-0.1, -0.05) is 22.9 Å². The van der Waals surface area contributed by atoms with E-state index in [1.165, 1.54) is 29.1 Å². The fraction of sp³-hybridized carbons (Fsp3) is 0.250. The molecule has 0 unspecified atom stereocenters. The van der Waals surface area contributed by atoms with Crippen LogP contribution in [0.15, 0.2) is 24.4 Å². The normalized spacial score (nSPS) is 10.7. The number of hydrogen-bond acceptors (Lipinski definition) is 4. The van der Waals surface area contributed by atoms with Gasteiger partial charge in [0, 0.05) is 18.0 Å². The number of halogens is 2. The van der Waals surface area contributed by atoms with E-state index in [2.05, 4.69) is 10.3 Å². The number of nitrogens with zero attached hydrogens (tertiary/aromatic N) is 3. The maximum absolute atomic E-state index is 12.9. The van der Waals surface area contributed by atoms with E-state index in [1.54, 1.807) is 0 Å². The molecule has 0 aliphatic rings. The van der Waals surface area contributed by atoms with Crippen LogP contribution in [0.4, 0.5) is 4.39 Å². The van der Waals surface area contributed by atoms with Crippen LogP contribution in [0.1, 0.15) is 16.1 Å². The van der Waals surface area contributed by atoms with Crippen molar-refractivity contribution in [1.29, 1.82) is 0 Å². The molecular formula is C12H12ClFN4O. The predicted molar refractivity (Wildman–Crippen MR) is 68.5 cm³/mol. The quantitative estimate of drug-likeness (QED) is 0.843. The van der Waals surface area contributed by atoms with Gasteiger partial charge in [0.2, 0.25) is 0 Å². The molecule has 1 aromatic heterocycles. The van der Waals surface area contributed by atoms with Gasteiger partial charge in [-0.3, -0.25) is 9.48 Å². The predicted octanol–water partition coefficient (Wildman–Crippen LogP) is 1.45. The lowest BCUT2D eigenvalue weighted by Gasteiger charge is -2.01. The van der Waals surface area contributed by atoms with Gasteiger partial charge in [-0.05, 0) is 17.7 Å². The first kappa shape index (κ1) is 13.6. The molecule has 0 bridgehead atoms. The molecule has 0 amide bonds. The maximum Gasteiger partial charge on any atom is 0.189 e. The van der Waals surface area contributed by atoms with Gasteiger partial charge in [0.15, 0.2) is 5.78 Å². The number of carbonyl (C=O) groups is 1. The Morgan fingerprint density at radius 2 is 2.26 bits per heavy atom. The average Bonchev–Trinajstić information content (AvgIpc) is 2.82. The highest BCUT2D eigenvalue weighted by Crippen LogP contribution is 2.18. The molecule has 0 atom stereocenters. The first-order valence-corrected chi connectivity index (χ1v) is 6.05. The zero-order valence-corrected chi connectivity index (χ0v) is 10.8. The molecule has 1 heterocycles. The third-order valence-corrected chi connectivity index (χ3v) is 2.90. The molecule has 100 valence electrons. The highest BCUT2D eigenvalue weighted by atomic mass is 35.5. The number of benzene rings is 1. The summed E-state index contributed by atoms with van der Waals surface area (Å²) in [5.74, 6) is -0.660. The summed E-state index contributed by atoms with van der Waals surface area (Å²) in [6.45, 7) is 0.915. The lowest BCUT2D eigenvalue weighted by atomic mass is 10.1. The second-order valence-corrected chi connectivity index (χ2v) is 4.40. The van der Waals surface area contributed by atoms with Crippen molar-refractivity contribution in [2.75, 3.05) is 6.54 Å².